The number of benzene rings is 1. The van der Waals surface area contributed by atoms with Gasteiger partial charge >= 0.3 is 12.1 Å². The van der Waals surface area contributed by atoms with Crippen molar-refractivity contribution in [3.8, 4) is 0 Å². The highest BCUT2D eigenvalue weighted by atomic mass is 35.5. The zero-order valence-electron chi connectivity index (χ0n) is 16.5. The first kappa shape index (κ1) is 22.9. The van der Waals surface area contributed by atoms with E-state index in [-0.39, 0.29) is 5.95 Å². The van der Waals surface area contributed by atoms with E-state index < -0.39 is 12.1 Å². The molecule has 3 heterocycles. The van der Waals surface area contributed by atoms with E-state index >= 15 is 0 Å². The van der Waals surface area contributed by atoms with Crippen LogP contribution in [0.15, 0.2) is 22.6 Å². The second-order valence-electron chi connectivity index (χ2n) is 6.97. The van der Waals surface area contributed by atoms with Crippen molar-refractivity contribution >= 4 is 51.4 Å². The van der Waals surface area contributed by atoms with Gasteiger partial charge in [-0.3, -0.25) is 0 Å². The van der Waals surface area contributed by atoms with Crippen LogP contribution in [0.2, 0.25) is 5.02 Å². The summed E-state index contributed by atoms with van der Waals surface area (Å²) < 4.78 is 37.8. The van der Waals surface area contributed by atoms with Gasteiger partial charge in [0.1, 0.15) is 11.1 Å². The van der Waals surface area contributed by atoms with Gasteiger partial charge in [0.25, 0.3) is 0 Å². The van der Waals surface area contributed by atoms with Crippen molar-refractivity contribution in [1.82, 2.24) is 15.3 Å². The fourth-order valence-corrected chi connectivity index (χ4v) is 3.63. The minimum atomic E-state index is -5.08. The molecule has 168 valence electrons. The van der Waals surface area contributed by atoms with Crippen molar-refractivity contribution in [3.05, 3.63) is 23.2 Å². The number of aromatic nitrogens is 2. The fraction of sp³-hybridized carbons (Fsp3) is 0.421. The highest BCUT2D eigenvalue weighted by Gasteiger charge is 2.38. The van der Waals surface area contributed by atoms with E-state index in [1.807, 2.05) is 18.2 Å². The Hall–Kier alpha value is -2.79. The van der Waals surface area contributed by atoms with Crippen LogP contribution in [0.5, 0.6) is 0 Å². The summed E-state index contributed by atoms with van der Waals surface area (Å²) in [5.41, 5.74) is 8.12. The number of alkyl halides is 3. The number of rotatable bonds is 3. The number of fused-ring (bicyclic) bond motifs is 3. The molecular formula is C19H21ClF3N5O3. The number of halogens is 4. The molecule has 12 heteroatoms. The minimum Gasteiger partial charge on any atom is -0.475 e. The van der Waals surface area contributed by atoms with Crippen LogP contribution in [-0.4, -0.2) is 52.9 Å². The van der Waals surface area contributed by atoms with E-state index in [0.717, 1.165) is 48.4 Å². The molecule has 8 nitrogen and oxygen atoms in total. The molecular weight excluding hydrogens is 439 g/mol. The van der Waals surface area contributed by atoms with E-state index in [1.54, 1.807) is 0 Å². The third kappa shape index (κ3) is 5.28. The number of hydrogen-bond donors (Lipinski definition) is 3. The van der Waals surface area contributed by atoms with Crippen LogP contribution in [0.4, 0.5) is 24.9 Å². The molecule has 1 saturated heterocycles. The second-order valence-corrected chi connectivity index (χ2v) is 7.41. The molecule has 0 radical (unpaired) electrons. The van der Waals surface area contributed by atoms with Gasteiger partial charge in [-0.25, -0.2) is 9.78 Å². The predicted octanol–water partition coefficient (Wildman–Crippen LogP) is 3.82. The Morgan fingerprint density at radius 2 is 2.13 bits per heavy atom. The minimum absolute atomic E-state index is 0.255. The summed E-state index contributed by atoms with van der Waals surface area (Å²) >= 11 is 6.12. The first-order chi connectivity index (χ1) is 14.6. The Labute approximate surface area is 180 Å². The standard InChI is InChI=1S/C17H20ClN5O.C2HF3O2/c1-2-20-11-4-3-7-23(9-11)16-15-14(21-17(19)22-16)12-8-10(18)5-6-13(12)24-15;3-2(4,5)1(6)7/h5-6,8,11,20H,2-4,7,9H2,1H3,(H2,19,21,22);(H,6,7)/t11-;/m0./s1. The number of carboxylic acid groups (broad SMARTS) is 1. The summed E-state index contributed by atoms with van der Waals surface area (Å²) in [6.07, 6.45) is -2.81. The maximum absolute atomic E-state index is 10.6. The third-order valence-electron chi connectivity index (χ3n) is 4.73. The van der Waals surface area contributed by atoms with Crippen molar-refractivity contribution in [1.29, 1.82) is 0 Å². The second kappa shape index (κ2) is 9.15. The van der Waals surface area contributed by atoms with Gasteiger partial charge in [0.2, 0.25) is 5.95 Å². The average Bonchev–Trinajstić information content (AvgIpc) is 3.05. The van der Waals surface area contributed by atoms with Crippen LogP contribution in [0.25, 0.3) is 22.1 Å². The molecule has 4 N–H and O–H groups in total. The van der Waals surface area contributed by atoms with Crippen LogP contribution in [-0.2, 0) is 4.79 Å². The summed E-state index contributed by atoms with van der Waals surface area (Å²) in [5, 5.41) is 12.2. The van der Waals surface area contributed by atoms with Crippen LogP contribution in [0, 0.1) is 0 Å². The number of furan rings is 1. The van der Waals surface area contributed by atoms with Crippen molar-refractivity contribution in [2.24, 2.45) is 0 Å². The molecule has 2 aromatic heterocycles. The number of hydrogen-bond acceptors (Lipinski definition) is 7. The molecule has 31 heavy (non-hydrogen) atoms. The van der Waals surface area contributed by atoms with Gasteiger partial charge in [-0.15, -0.1) is 0 Å². The van der Waals surface area contributed by atoms with Gasteiger partial charge < -0.3 is 25.5 Å². The maximum atomic E-state index is 10.6. The van der Waals surface area contributed by atoms with Crippen LogP contribution < -0.4 is 16.0 Å². The van der Waals surface area contributed by atoms with Crippen molar-refractivity contribution in [2.75, 3.05) is 30.3 Å². The molecule has 0 bridgehead atoms. The smallest absolute Gasteiger partial charge is 0.475 e. The Bertz CT molecular complexity index is 1090. The van der Waals surface area contributed by atoms with Gasteiger partial charge in [0.15, 0.2) is 11.4 Å². The molecule has 1 aliphatic rings. The number of nitrogens with zero attached hydrogens (tertiary/aromatic N) is 3. The van der Waals surface area contributed by atoms with E-state index in [0.29, 0.717) is 16.6 Å². The number of likely N-dealkylation sites (N-methyl/N-ethyl adjacent to an activating group) is 1. The third-order valence-corrected chi connectivity index (χ3v) is 4.97. The summed E-state index contributed by atoms with van der Waals surface area (Å²) in [6, 6.07) is 5.98. The zero-order valence-corrected chi connectivity index (χ0v) is 17.3. The molecule has 1 atom stereocenters. The monoisotopic (exact) mass is 459 g/mol. The van der Waals surface area contributed by atoms with Gasteiger partial charge in [-0.2, -0.15) is 18.2 Å². The number of nitrogen functional groups attached to an aromatic ring is 1. The quantitative estimate of drug-likeness (QED) is 0.541. The molecule has 0 amide bonds. The van der Waals surface area contributed by atoms with Crippen LogP contribution in [0.3, 0.4) is 0 Å². The zero-order chi connectivity index (χ0) is 22.8. The summed E-state index contributed by atoms with van der Waals surface area (Å²) in [7, 11) is 0. The number of aliphatic carboxylic acids is 1. The molecule has 0 aliphatic carbocycles. The summed E-state index contributed by atoms with van der Waals surface area (Å²) in [4.78, 5) is 20.0. The van der Waals surface area contributed by atoms with E-state index in [9.17, 15) is 13.2 Å². The molecule has 1 aromatic carbocycles. The molecule has 4 rings (SSSR count). The Morgan fingerprint density at radius 3 is 2.77 bits per heavy atom. The Kier molecular flexibility index (Phi) is 6.75. The van der Waals surface area contributed by atoms with E-state index in [2.05, 4.69) is 27.1 Å². The van der Waals surface area contributed by atoms with Crippen LogP contribution >= 0.6 is 11.6 Å². The number of carbonyl (C=O) groups is 1. The van der Waals surface area contributed by atoms with Gasteiger partial charge in [-0.1, -0.05) is 18.5 Å². The lowest BCUT2D eigenvalue weighted by atomic mass is 10.1. The SMILES string of the molecule is CCN[C@H]1CCCN(c2nc(N)nc3c2oc2ccc(Cl)cc23)C1.O=C(O)C(F)(F)F. The van der Waals surface area contributed by atoms with Crippen LogP contribution in [0.1, 0.15) is 19.8 Å². The van der Waals surface area contributed by atoms with Gasteiger partial charge in [0.05, 0.1) is 0 Å². The van der Waals surface area contributed by atoms with E-state index in [4.69, 9.17) is 31.7 Å². The Balaban J connectivity index is 0.000000339. The van der Waals surface area contributed by atoms with Gasteiger partial charge in [-0.05, 0) is 37.6 Å². The average molecular weight is 460 g/mol. The van der Waals surface area contributed by atoms with Crippen molar-refractivity contribution in [3.63, 3.8) is 0 Å². The predicted molar refractivity (Wildman–Crippen MR) is 111 cm³/mol. The topological polar surface area (TPSA) is 118 Å². The van der Waals surface area contributed by atoms with Crippen molar-refractivity contribution < 1.29 is 27.5 Å². The normalized spacial score (nSPS) is 16.9. The summed E-state index contributed by atoms with van der Waals surface area (Å²) in [6.45, 7) is 4.91. The largest absolute Gasteiger partial charge is 0.490 e. The number of nitrogens with two attached hydrogens (primary N) is 1. The number of anilines is 2. The van der Waals surface area contributed by atoms with Gasteiger partial charge in [0, 0.05) is 29.5 Å². The lowest BCUT2D eigenvalue weighted by Crippen LogP contribution is -2.46. The highest BCUT2D eigenvalue weighted by Crippen LogP contribution is 2.35. The molecule has 0 spiro atoms. The highest BCUT2D eigenvalue weighted by molar-refractivity contribution is 6.31. The number of nitrogens with one attached hydrogen (secondary N) is 1. The summed E-state index contributed by atoms with van der Waals surface area (Å²) in [5.74, 6) is -1.73. The molecule has 1 fully saturated rings. The molecule has 0 unspecified atom stereocenters. The number of carboxylic acids is 1. The maximum Gasteiger partial charge on any atom is 0.490 e. The lowest BCUT2D eigenvalue weighted by molar-refractivity contribution is -0.192. The van der Waals surface area contributed by atoms with Crippen molar-refractivity contribution in [2.45, 2.75) is 32.0 Å². The first-order valence-electron chi connectivity index (χ1n) is 9.53. The Morgan fingerprint density at radius 1 is 1.42 bits per heavy atom. The first-order valence-corrected chi connectivity index (χ1v) is 9.91. The van der Waals surface area contributed by atoms with E-state index in [1.165, 1.54) is 6.42 Å². The molecule has 1 aliphatic heterocycles. The fourth-order valence-electron chi connectivity index (χ4n) is 3.46. The lowest BCUT2D eigenvalue weighted by Gasteiger charge is -2.33. The molecule has 0 saturated carbocycles. The number of piperidine rings is 1. The molecule has 3 aromatic rings.